The molecule has 0 bridgehead atoms. The van der Waals surface area contributed by atoms with E-state index in [0.717, 1.165) is 24.1 Å². The number of rotatable bonds is 3. The molecule has 0 saturated heterocycles. The molecule has 4 rings (SSSR count). The number of aromatic nitrogens is 2. The van der Waals surface area contributed by atoms with Crippen LogP contribution in [0.5, 0.6) is 0 Å². The Bertz CT molecular complexity index is 1100. The van der Waals surface area contributed by atoms with Crippen molar-refractivity contribution < 1.29 is 4.79 Å². The van der Waals surface area contributed by atoms with Gasteiger partial charge in [0.15, 0.2) is 5.69 Å². The standard InChI is InChI=1S/C20H18N4O2/c1-2-24-20(26)16-10-6-5-9-15(16)18(23-24)19(25)22-21-17-12-11-13-7-3-4-8-14(13)17/h3-10H,2,11-12H2,1H3,(H,22,25)/b21-17-. The minimum absolute atomic E-state index is 0.198. The van der Waals surface area contributed by atoms with Crippen LogP contribution >= 0.6 is 0 Å². The minimum Gasteiger partial charge on any atom is -0.267 e. The van der Waals surface area contributed by atoms with Crippen LogP contribution in [0.2, 0.25) is 0 Å². The number of hydrogen-bond acceptors (Lipinski definition) is 4. The average molecular weight is 346 g/mol. The van der Waals surface area contributed by atoms with Crippen LogP contribution in [-0.4, -0.2) is 21.4 Å². The van der Waals surface area contributed by atoms with Crippen LogP contribution in [0.3, 0.4) is 0 Å². The van der Waals surface area contributed by atoms with Gasteiger partial charge in [-0.25, -0.2) is 10.1 Å². The number of aryl methyl sites for hydroxylation is 2. The van der Waals surface area contributed by atoms with Crippen molar-refractivity contribution in [2.24, 2.45) is 5.10 Å². The maximum absolute atomic E-state index is 12.7. The monoisotopic (exact) mass is 346 g/mol. The molecule has 1 N–H and O–H groups in total. The molecule has 1 amide bonds. The van der Waals surface area contributed by atoms with Gasteiger partial charge in [0.05, 0.1) is 11.1 Å². The molecule has 130 valence electrons. The van der Waals surface area contributed by atoms with Gasteiger partial charge in [0.25, 0.3) is 11.5 Å². The normalized spacial score (nSPS) is 14.6. The SMILES string of the molecule is CCn1nc(C(=O)N/N=C2/CCc3ccccc32)c2ccccc2c1=O. The van der Waals surface area contributed by atoms with Crippen LogP contribution in [0.15, 0.2) is 58.4 Å². The summed E-state index contributed by atoms with van der Waals surface area (Å²) in [4.78, 5) is 25.1. The van der Waals surface area contributed by atoms with Gasteiger partial charge in [0, 0.05) is 17.5 Å². The molecule has 6 heteroatoms. The topological polar surface area (TPSA) is 76.3 Å². The number of hydrazone groups is 1. The lowest BCUT2D eigenvalue weighted by molar-refractivity contribution is 0.0949. The summed E-state index contributed by atoms with van der Waals surface area (Å²) in [5.41, 5.74) is 5.80. The lowest BCUT2D eigenvalue weighted by atomic mass is 10.1. The van der Waals surface area contributed by atoms with E-state index < -0.39 is 5.91 Å². The van der Waals surface area contributed by atoms with E-state index in [9.17, 15) is 9.59 Å². The highest BCUT2D eigenvalue weighted by Gasteiger charge is 2.19. The third-order valence-corrected chi connectivity index (χ3v) is 4.63. The Labute approximate surface area is 150 Å². The lowest BCUT2D eigenvalue weighted by Crippen LogP contribution is -2.29. The summed E-state index contributed by atoms with van der Waals surface area (Å²) in [6.45, 7) is 2.21. The van der Waals surface area contributed by atoms with Gasteiger partial charge in [0.1, 0.15) is 0 Å². The predicted molar refractivity (Wildman–Crippen MR) is 100 cm³/mol. The molecule has 0 atom stereocenters. The Kier molecular flexibility index (Phi) is 4.08. The fraction of sp³-hybridized carbons (Fsp3) is 0.200. The number of hydrogen-bond donors (Lipinski definition) is 1. The summed E-state index contributed by atoms with van der Waals surface area (Å²) in [5.74, 6) is -0.416. The number of fused-ring (bicyclic) bond motifs is 2. The van der Waals surface area contributed by atoms with Gasteiger partial charge in [-0.15, -0.1) is 0 Å². The van der Waals surface area contributed by atoms with E-state index in [-0.39, 0.29) is 11.3 Å². The van der Waals surface area contributed by atoms with Crippen LogP contribution in [0.25, 0.3) is 10.8 Å². The first-order valence-corrected chi connectivity index (χ1v) is 8.64. The Morgan fingerprint density at radius 3 is 2.65 bits per heavy atom. The molecule has 26 heavy (non-hydrogen) atoms. The number of amides is 1. The summed E-state index contributed by atoms with van der Waals surface area (Å²) < 4.78 is 1.30. The second-order valence-corrected chi connectivity index (χ2v) is 6.17. The summed E-state index contributed by atoms with van der Waals surface area (Å²) in [6.07, 6.45) is 1.72. The molecule has 1 heterocycles. The van der Waals surface area contributed by atoms with Gasteiger partial charge in [0.2, 0.25) is 0 Å². The smallest absolute Gasteiger partial charge is 0.267 e. The van der Waals surface area contributed by atoms with Gasteiger partial charge in [-0.1, -0.05) is 42.5 Å². The van der Waals surface area contributed by atoms with Gasteiger partial charge in [-0.3, -0.25) is 9.59 Å². The Hall–Kier alpha value is -3.28. The van der Waals surface area contributed by atoms with Crippen molar-refractivity contribution >= 4 is 22.4 Å². The molecule has 1 aliphatic rings. The quantitative estimate of drug-likeness (QED) is 0.740. The van der Waals surface area contributed by atoms with Crippen molar-refractivity contribution in [3.05, 3.63) is 75.7 Å². The van der Waals surface area contributed by atoms with E-state index in [1.165, 1.54) is 10.2 Å². The van der Waals surface area contributed by atoms with Gasteiger partial charge in [-0.2, -0.15) is 10.2 Å². The van der Waals surface area contributed by atoms with Crippen LogP contribution in [0, 0.1) is 0 Å². The van der Waals surface area contributed by atoms with E-state index in [1.807, 2.05) is 25.1 Å². The minimum atomic E-state index is -0.416. The van der Waals surface area contributed by atoms with Crippen molar-refractivity contribution in [3.63, 3.8) is 0 Å². The van der Waals surface area contributed by atoms with E-state index in [2.05, 4.69) is 21.7 Å². The van der Waals surface area contributed by atoms with Gasteiger partial charge < -0.3 is 0 Å². The van der Waals surface area contributed by atoms with Crippen molar-refractivity contribution in [2.45, 2.75) is 26.3 Å². The fourth-order valence-electron chi connectivity index (χ4n) is 3.31. The summed E-state index contributed by atoms with van der Waals surface area (Å²) in [5, 5.41) is 9.56. The molecule has 0 radical (unpaired) electrons. The number of carbonyl (C=O) groups excluding carboxylic acids is 1. The van der Waals surface area contributed by atoms with Gasteiger partial charge in [-0.05, 0) is 31.4 Å². The molecular formula is C20H18N4O2. The van der Waals surface area contributed by atoms with Crippen molar-refractivity contribution in [1.29, 1.82) is 0 Å². The molecule has 0 fully saturated rings. The zero-order valence-electron chi connectivity index (χ0n) is 14.4. The largest absolute Gasteiger partial charge is 0.292 e. The highest BCUT2D eigenvalue weighted by Crippen LogP contribution is 2.21. The second-order valence-electron chi connectivity index (χ2n) is 6.17. The maximum atomic E-state index is 12.7. The highest BCUT2D eigenvalue weighted by molar-refractivity contribution is 6.07. The van der Waals surface area contributed by atoms with Crippen LogP contribution in [0.4, 0.5) is 0 Å². The first-order chi connectivity index (χ1) is 12.7. The maximum Gasteiger partial charge on any atom is 0.292 e. The van der Waals surface area contributed by atoms with E-state index in [1.54, 1.807) is 24.3 Å². The number of nitrogens with one attached hydrogen (secondary N) is 1. The molecule has 6 nitrogen and oxygen atoms in total. The molecule has 0 unspecified atom stereocenters. The van der Waals surface area contributed by atoms with Crippen LogP contribution < -0.4 is 11.0 Å². The Balaban J connectivity index is 1.71. The van der Waals surface area contributed by atoms with E-state index >= 15 is 0 Å². The van der Waals surface area contributed by atoms with Crippen LogP contribution in [0.1, 0.15) is 35.0 Å². The molecule has 2 aromatic carbocycles. The van der Waals surface area contributed by atoms with Crippen molar-refractivity contribution in [2.75, 3.05) is 0 Å². The molecule has 3 aromatic rings. The number of benzene rings is 2. The lowest BCUT2D eigenvalue weighted by Gasteiger charge is -2.08. The number of carbonyl (C=O) groups is 1. The third-order valence-electron chi connectivity index (χ3n) is 4.63. The highest BCUT2D eigenvalue weighted by atomic mass is 16.2. The van der Waals surface area contributed by atoms with Crippen molar-refractivity contribution in [3.8, 4) is 0 Å². The zero-order chi connectivity index (χ0) is 18.1. The first-order valence-electron chi connectivity index (χ1n) is 8.64. The molecule has 0 saturated carbocycles. The van der Waals surface area contributed by atoms with E-state index in [4.69, 9.17) is 0 Å². The Morgan fingerprint density at radius 1 is 1.12 bits per heavy atom. The summed E-state index contributed by atoms with van der Waals surface area (Å²) in [6, 6.07) is 15.1. The molecule has 0 aliphatic heterocycles. The summed E-state index contributed by atoms with van der Waals surface area (Å²) in [7, 11) is 0. The molecule has 0 spiro atoms. The molecular weight excluding hydrogens is 328 g/mol. The van der Waals surface area contributed by atoms with Crippen molar-refractivity contribution in [1.82, 2.24) is 15.2 Å². The fourth-order valence-corrected chi connectivity index (χ4v) is 3.31. The average Bonchev–Trinajstić information content (AvgIpc) is 3.10. The zero-order valence-corrected chi connectivity index (χ0v) is 14.4. The second kappa shape index (κ2) is 6.55. The van der Waals surface area contributed by atoms with Crippen LogP contribution in [-0.2, 0) is 13.0 Å². The summed E-state index contributed by atoms with van der Waals surface area (Å²) >= 11 is 0. The van der Waals surface area contributed by atoms with E-state index in [0.29, 0.717) is 17.3 Å². The molecule has 1 aliphatic carbocycles. The first kappa shape index (κ1) is 16.2. The third kappa shape index (κ3) is 2.69. The predicted octanol–water partition coefficient (Wildman–Crippen LogP) is 2.50. The Morgan fingerprint density at radius 2 is 1.85 bits per heavy atom. The molecule has 1 aromatic heterocycles. The number of nitrogens with zero attached hydrogens (tertiary/aromatic N) is 3. The van der Waals surface area contributed by atoms with Gasteiger partial charge >= 0.3 is 0 Å².